The molecule has 1 aliphatic heterocycles. The van der Waals surface area contributed by atoms with Crippen molar-refractivity contribution in [3.63, 3.8) is 0 Å². The van der Waals surface area contributed by atoms with E-state index < -0.39 is 72.4 Å². The molecule has 1 saturated heterocycles. The number of rotatable bonds is 9. The van der Waals surface area contributed by atoms with Crippen LogP contribution < -0.4 is 11.3 Å². The van der Waals surface area contributed by atoms with Crippen LogP contribution >= 0.6 is 23.5 Å². The zero-order chi connectivity index (χ0) is 25.7. The van der Waals surface area contributed by atoms with Crippen molar-refractivity contribution < 1.29 is 65.0 Å². The largest absolute Gasteiger partial charge is 0.490 e. The normalized spacial score (nSPS) is 29.2. The SMILES string of the molecule is Nc1nc2c(ncn2[C@@H]2O[C@H](COP(=O)(O)OP(=O)(O)OP(=O)(O)O)[C@H](O)C2(F)CF)c(=O)[nH]1. The Kier molecular flexibility index (Phi) is 7.20. The number of halogens is 2. The highest BCUT2D eigenvalue weighted by Crippen LogP contribution is 2.66. The first kappa shape index (κ1) is 26.9. The molecule has 1 fully saturated rings. The summed E-state index contributed by atoms with van der Waals surface area (Å²) in [5.41, 5.74) is 0.664. The molecular weight excluding hydrogens is 541 g/mol. The summed E-state index contributed by atoms with van der Waals surface area (Å²) in [6.45, 7) is -3.14. The molecule has 6 atom stereocenters. The van der Waals surface area contributed by atoms with E-state index in [1.165, 1.54) is 0 Å². The lowest BCUT2D eigenvalue weighted by molar-refractivity contribution is -0.0686. The first-order valence-corrected chi connectivity index (χ1v) is 13.1. The van der Waals surface area contributed by atoms with Crippen LogP contribution in [0.2, 0.25) is 0 Å². The van der Waals surface area contributed by atoms with Gasteiger partial charge in [-0.05, 0) is 0 Å². The fourth-order valence-electron chi connectivity index (χ4n) is 2.97. The Balaban J connectivity index is 1.82. The number of H-pyrrole nitrogens is 1. The van der Waals surface area contributed by atoms with Crippen LogP contribution in [-0.4, -0.2) is 75.4 Å². The predicted molar refractivity (Wildman–Crippen MR) is 102 cm³/mol. The van der Waals surface area contributed by atoms with Gasteiger partial charge in [-0.15, -0.1) is 0 Å². The number of nitrogens with two attached hydrogens (primary N) is 1. The number of anilines is 1. The third-order valence-corrected chi connectivity index (χ3v) is 8.09. The van der Waals surface area contributed by atoms with E-state index in [-0.39, 0.29) is 11.2 Å². The Morgan fingerprint density at radius 2 is 1.88 bits per heavy atom. The summed E-state index contributed by atoms with van der Waals surface area (Å²) in [5.74, 6) is -0.410. The van der Waals surface area contributed by atoms with Crippen LogP contribution in [0.25, 0.3) is 11.2 Å². The fraction of sp³-hybridized carbons (Fsp3) is 0.545. The highest BCUT2D eigenvalue weighted by Gasteiger charge is 2.59. The number of nitrogens with zero attached hydrogens (tertiary/aromatic N) is 3. The van der Waals surface area contributed by atoms with Crippen LogP contribution in [0.1, 0.15) is 6.23 Å². The second kappa shape index (κ2) is 9.09. The van der Waals surface area contributed by atoms with Crippen molar-refractivity contribution in [2.75, 3.05) is 19.0 Å². The number of phosphoric ester groups is 1. The average Bonchev–Trinajstić information content (AvgIpc) is 3.17. The summed E-state index contributed by atoms with van der Waals surface area (Å²) in [5, 5.41) is 10.2. The third-order valence-electron chi connectivity index (χ3n) is 4.28. The summed E-state index contributed by atoms with van der Waals surface area (Å²) in [6, 6.07) is 0. The van der Waals surface area contributed by atoms with Gasteiger partial charge in [0.25, 0.3) is 5.56 Å². The third kappa shape index (κ3) is 5.59. The van der Waals surface area contributed by atoms with E-state index >= 15 is 4.39 Å². The van der Waals surface area contributed by atoms with E-state index in [1.54, 1.807) is 0 Å². The number of hydrogen-bond donors (Lipinski definition) is 7. The van der Waals surface area contributed by atoms with Crippen molar-refractivity contribution >= 4 is 40.6 Å². The number of imidazole rings is 1. The van der Waals surface area contributed by atoms with Gasteiger partial charge >= 0.3 is 23.5 Å². The van der Waals surface area contributed by atoms with E-state index in [1.807, 2.05) is 0 Å². The molecule has 8 N–H and O–H groups in total. The van der Waals surface area contributed by atoms with E-state index in [0.29, 0.717) is 0 Å². The van der Waals surface area contributed by atoms with Crippen LogP contribution in [0, 0.1) is 0 Å². The van der Waals surface area contributed by atoms with Gasteiger partial charge in [-0.2, -0.15) is 13.6 Å². The van der Waals surface area contributed by atoms with Crippen LogP contribution in [0.3, 0.4) is 0 Å². The molecule has 18 nitrogen and oxygen atoms in total. The number of fused-ring (bicyclic) bond motifs is 1. The van der Waals surface area contributed by atoms with E-state index in [4.69, 9.17) is 25.2 Å². The maximum absolute atomic E-state index is 15.4. The summed E-state index contributed by atoms with van der Waals surface area (Å²) in [7, 11) is -17.1. The van der Waals surface area contributed by atoms with E-state index in [2.05, 4.69) is 28.1 Å². The minimum Gasteiger partial charge on any atom is -0.387 e. The quantitative estimate of drug-likeness (QED) is 0.182. The molecule has 0 aromatic carbocycles. The van der Waals surface area contributed by atoms with Gasteiger partial charge in [0.05, 0.1) is 12.9 Å². The molecule has 0 amide bonds. The second-order valence-electron chi connectivity index (χ2n) is 6.69. The predicted octanol–water partition coefficient (Wildman–Crippen LogP) is -1.02. The van der Waals surface area contributed by atoms with Crippen molar-refractivity contribution in [3.8, 4) is 0 Å². The number of aromatic nitrogens is 4. The Morgan fingerprint density at radius 3 is 2.47 bits per heavy atom. The smallest absolute Gasteiger partial charge is 0.387 e. The molecule has 23 heteroatoms. The minimum atomic E-state index is -5.84. The number of nitrogens with one attached hydrogen (secondary N) is 1. The molecule has 2 aromatic heterocycles. The van der Waals surface area contributed by atoms with Gasteiger partial charge in [-0.3, -0.25) is 18.9 Å². The lowest BCUT2D eigenvalue weighted by Gasteiger charge is -2.26. The van der Waals surface area contributed by atoms with Crippen LogP contribution in [-0.2, 0) is 31.6 Å². The van der Waals surface area contributed by atoms with Crippen LogP contribution in [0.4, 0.5) is 14.7 Å². The molecule has 34 heavy (non-hydrogen) atoms. The molecule has 0 saturated carbocycles. The van der Waals surface area contributed by atoms with Crippen molar-refractivity contribution in [1.29, 1.82) is 0 Å². The number of hydrogen-bond acceptors (Lipinski definition) is 12. The molecule has 3 unspecified atom stereocenters. The Hall–Kier alpha value is -1.66. The number of aliphatic hydroxyl groups excluding tert-OH is 1. The topological polar surface area (TPSA) is 279 Å². The molecular formula is C11H16F2N5O13P3. The zero-order valence-electron chi connectivity index (χ0n) is 16.2. The number of nitrogen functional groups attached to an aromatic ring is 1. The maximum atomic E-state index is 15.4. The van der Waals surface area contributed by atoms with Crippen molar-refractivity contribution in [2.24, 2.45) is 0 Å². The molecule has 1 aliphatic rings. The molecule has 2 aromatic rings. The number of aliphatic hydroxyl groups is 1. The Morgan fingerprint density at radius 1 is 1.24 bits per heavy atom. The van der Waals surface area contributed by atoms with Gasteiger partial charge in [0.1, 0.15) is 18.9 Å². The second-order valence-corrected chi connectivity index (χ2v) is 11.1. The standard InChI is InChI=1S/C11H16F2N5O13P3/c12-2-11(13)6(19)4(1-28-33(24,25)31-34(26,27)30-32(21,22)23)29-9(11)18-3-15-5-7(18)16-10(14)17-8(5)20/h3-4,6,9,19H,1-2H2,(H,24,25)(H,26,27)(H2,21,22,23)(H3,14,16,17,20)/t4-,6+,9-,11?/m1/s1. The fourth-order valence-corrected chi connectivity index (χ4v) is 6.00. The number of alkyl halides is 2. The molecule has 3 rings (SSSR count). The molecule has 0 bridgehead atoms. The monoisotopic (exact) mass is 557 g/mol. The summed E-state index contributed by atoms with van der Waals surface area (Å²) < 4.78 is 80.1. The summed E-state index contributed by atoms with van der Waals surface area (Å²) >= 11 is 0. The van der Waals surface area contributed by atoms with Gasteiger partial charge in [-0.25, -0.2) is 27.5 Å². The maximum Gasteiger partial charge on any atom is 0.490 e. The van der Waals surface area contributed by atoms with Gasteiger partial charge < -0.3 is 35.2 Å². The summed E-state index contributed by atoms with van der Waals surface area (Å²) in [6.07, 6.45) is -5.53. The number of ether oxygens (including phenoxy) is 1. The summed E-state index contributed by atoms with van der Waals surface area (Å²) in [4.78, 5) is 57.1. The van der Waals surface area contributed by atoms with Crippen molar-refractivity contribution in [3.05, 3.63) is 16.7 Å². The van der Waals surface area contributed by atoms with Gasteiger partial charge in [0.2, 0.25) is 11.6 Å². The first-order valence-electron chi connectivity index (χ1n) is 8.57. The Bertz CT molecular complexity index is 1280. The van der Waals surface area contributed by atoms with Crippen LogP contribution in [0.5, 0.6) is 0 Å². The van der Waals surface area contributed by atoms with E-state index in [9.17, 15) is 32.9 Å². The molecule has 192 valence electrons. The molecule has 0 aliphatic carbocycles. The highest BCUT2D eigenvalue weighted by atomic mass is 31.3. The number of aromatic amines is 1. The van der Waals surface area contributed by atoms with Gasteiger partial charge in [-0.1, -0.05) is 0 Å². The highest BCUT2D eigenvalue weighted by molar-refractivity contribution is 7.66. The van der Waals surface area contributed by atoms with Crippen molar-refractivity contribution in [2.45, 2.75) is 24.1 Å². The average molecular weight is 557 g/mol. The lowest BCUT2D eigenvalue weighted by atomic mass is 9.97. The van der Waals surface area contributed by atoms with E-state index in [0.717, 1.165) is 10.9 Å². The Labute approximate surface area is 185 Å². The van der Waals surface area contributed by atoms with Crippen molar-refractivity contribution in [1.82, 2.24) is 19.5 Å². The molecule has 0 radical (unpaired) electrons. The van der Waals surface area contributed by atoms with Crippen LogP contribution in [0.15, 0.2) is 11.1 Å². The lowest BCUT2D eigenvalue weighted by Crippen LogP contribution is -2.45. The minimum absolute atomic E-state index is 0.342. The molecule has 3 heterocycles. The number of phosphoric acid groups is 3. The van der Waals surface area contributed by atoms with Gasteiger partial charge in [0.15, 0.2) is 17.4 Å². The first-order chi connectivity index (χ1) is 15.5. The zero-order valence-corrected chi connectivity index (χ0v) is 18.9. The molecule has 0 spiro atoms. The van der Waals surface area contributed by atoms with Gasteiger partial charge in [0, 0.05) is 0 Å².